The van der Waals surface area contributed by atoms with Crippen molar-refractivity contribution in [2.45, 2.75) is 6.92 Å². The minimum Gasteiger partial charge on any atom is -0.378 e. The number of halogens is 1. The molecule has 3 rings (SSSR count). The maximum Gasteiger partial charge on any atom is 0.329 e. The molecule has 2 heterocycles. The van der Waals surface area contributed by atoms with Gasteiger partial charge < -0.3 is 15.5 Å². The van der Waals surface area contributed by atoms with Crippen molar-refractivity contribution in [2.75, 3.05) is 41.7 Å². The zero-order valence-corrected chi connectivity index (χ0v) is 14.1. The third-order valence-corrected chi connectivity index (χ3v) is 4.24. The number of nitrogens with zero attached hydrogens (tertiary/aromatic N) is 5. The summed E-state index contributed by atoms with van der Waals surface area (Å²) in [5, 5.41) is 10.8. The number of carbonyl (C=O) groups is 1. The quantitative estimate of drug-likeness (QED) is 0.496. The molecule has 0 aliphatic carbocycles. The van der Waals surface area contributed by atoms with Crippen molar-refractivity contribution in [3.05, 3.63) is 45.9 Å². The fraction of sp³-hybridized carbons (Fsp3) is 0.312. The fourth-order valence-electron chi connectivity index (χ4n) is 2.80. The highest BCUT2D eigenvalue weighted by atomic mass is 19.1. The normalized spacial score (nSPS) is 14.4. The molecule has 1 saturated heterocycles. The molecule has 0 radical (unpaired) electrons. The maximum absolute atomic E-state index is 14.3. The number of hydrogen-bond donors (Lipinski definition) is 1. The topological polar surface area (TPSA) is 118 Å². The number of nitrogen functional groups attached to an aromatic ring is 1. The van der Waals surface area contributed by atoms with Crippen LogP contribution in [0.3, 0.4) is 0 Å². The lowest BCUT2D eigenvalue weighted by Crippen LogP contribution is -2.47. The first-order valence-electron chi connectivity index (χ1n) is 7.94. The van der Waals surface area contributed by atoms with Gasteiger partial charge in [-0.3, -0.25) is 14.9 Å². The Labute approximate surface area is 148 Å². The van der Waals surface area contributed by atoms with E-state index in [2.05, 4.69) is 9.97 Å². The highest BCUT2D eigenvalue weighted by Gasteiger charge is 2.23. The van der Waals surface area contributed by atoms with Crippen LogP contribution in [0.25, 0.3) is 0 Å². The van der Waals surface area contributed by atoms with Crippen LogP contribution in [0, 0.1) is 15.9 Å². The lowest BCUT2D eigenvalue weighted by atomic mass is 10.1. The zero-order chi connectivity index (χ0) is 18.8. The number of anilines is 3. The fourth-order valence-corrected chi connectivity index (χ4v) is 2.80. The second-order valence-electron chi connectivity index (χ2n) is 5.89. The summed E-state index contributed by atoms with van der Waals surface area (Å²) < 4.78 is 14.3. The molecule has 0 atom stereocenters. The Kier molecular flexibility index (Phi) is 4.65. The van der Waals surface area contributed by atoms with E-state index in [1.54, 1.807) is 12.1 Å². The van der Waals surface area contributed by atoms with Crippen molar-refractivity contribution in [2.24, 2.45) is 0 Å². The molecule has 136 valence electrons. The molecule has 0 spiro atoms. The molecule has 10 heteroatoms. The predicted molar refractivity (Wildman–Crippen MR) is 93.9 cm³/mol. The lowest BCUT2D eigenvalue weighted by molar-refractivity contribution is -0.384. The van der Waals surface area contributed by atoms with Crippen molar-refractivity contribution in [3.63, 3.8) is 0 Å². The highest BCUT2D eigenvalue weighted by molar-refractivity contribution is 5.94. The van der Waals surface area contributed by atoms with Crippen molar-refractivity contribution in [3.8, 4) is 0 Å². The Morgan fingerprint density at radius 1 is 1.27 bits per heavy atom. The maximum atomic E-state index is 14.3. The van der Waals surface area contributed by atoms with E-state index >= 15 is 0 Å². The lowest BCUT2D eigenvalue weighted by Gasteiger charge is -2.36. The van der Waals surface area contributed by atoms with Gasteiger partial charge >= 0.3 is 5.69 Å². The molecule has 1 aromatic heterocycles. The van der Waals surface area contributed by atoms with Gasteiger partial charge in [0, 0.05) is 31.7 Å². The van der Waals surface area contributed by atoms with Gasteiger partial charge in [-0.1, -0.05) is 0 Å². The minimum atomic E-state index is -0.634. The van der Waals surface area contributed by atoms with E-state index in [0.29, 0.717) is 43.4 Å². The number of rotatable bonds is 4. The van der Waals surface area contributed by atoms with Crippen LogP contribution >= 0.6 is 0 Å². The number of aromatic nitrogens is 2. The van der Waals surface area contributed by atoms with Crippen LogP contribution < -0.4 is 15.5 Å². The molecule has 0 bridgehead atoms. The molecular formula is C16H17FN6O3. The molecule has 1 aliphatic rings. The molecular weight excluding hydrogens is 343 g/mol. The third kappa shape index (κ3) is 3.39. The standard InChI is InChI=1S/C16H17FN6O3/c1-10(24)11-2-3-13(12(17)8-11)21-4-6-22(7-5-21)16-19-9-14(23(25)26)15(18)20-16/h2-3,8-9H,4-7H2,1H3,(H2,18,19,20). The summed E-state index contributed by atoms with van der Waals surface area (Å²) in [6, 6.07) is 4.44. The first-order chi connectivity index (χ1) is 12.4. The number of Topliss-reactive ketones (excluding diaryl/α,β-unsaturated/α-hetero) is 1. The van der Waals surface area contributed by atoms with Crippen LogP contribution in [0.4, 0.5) is 27.5 Å². The summed E-state index contributed by atoms with van der Waals surface area (Å²) in [5.41, 5.74) is 6.03. The van der Waals surface area contributed by atoms with E-state index in [9.17, 15) is 19.3 Å². The molecule has 9 nitrogen and oxygen atoms in total. The molecule has 26 heavy (non-hydrogen) atoms. The summed E-state index contributed by atoms with van der Waals surface area (Å²) in [6.07, 6.45) is 1.09. The first-order valence-corrected chi connectivity index (χ1v) is 7.94. The Morgan fingerprint density at radius 3 is 2.46 bits per heavy atom. The van der Waals surface area contributed by atoms with E-state index in [1.165, 1.54) is 13.0 Å². The Bertz CT molecular complexity index is 867. The summed E-state index contributed by atoms with van der Waals surface area (Å²) in [7, 11) is 0. The molecule has 0 unspecified atom stereocenters. The molecule has 1 aliphatic heterocycles. The van der Waals surface area contributed by atoms with Gasteiger partial charge in [0.1, 0.15) is 12.0 Å². The predicted octanol–water partition coefficient (Wildman–Crippen LogP) is 1.64. The SMILES string of the molecule is CC(=O)c1ccc(N2CCN(c3ncc([N+](=O)[O-])c(N)n3)CC2)c(F)c1. The summed E-state index contributed by atoms with van der Waals surface area (Å²) in [4.78, 5) is 33.1. The monoisotopic (exact) mass is 360 g/mol. The van der Waals surface area contributed by atoms with Crippen LogP contribution in [0.2, 0.25) is 0 Å². The number of hydrogen-bond acceptors (Lipinski definition) is 8. The summed E-state index contributed by atoms with van der Waals surface area (Å²) in [5.74, 6) is -0.511. The van der Waals surface area contributed by atoms with Crippen LogP contribution in [-0.4, -0.2) is 46.9 Å². The second-order valence-corrected chi connectivity index (χ2v) is 5.89. The Morgan fingerprint density at radius 2 is 1.92 bits per heavy atom. The number of ketones is 1. The Hall–Kier alpha value is -3.30. The van der Waals surface area contributed by atoms with Crippen LogP contribution in [0.1, 0.15) is 17.3 Å². The van der Waals surface area contributed by atoms with Gasteiger partial charge in [0.2, 0.25) is 11.8 Å². The van der Waals surface area contributed by atoms with Crippen molar-refractivity contribution < 1.29 is 14.1 Å². The number of benzene rings is 1. The van der Waals surface area contributed by atoms with Crippen LogP contribution in [0.15, 0.2) is 24.4 Å². The number of piperazine rings is 1. The van der Waals surface area contributed by atoms with Crippen molar-refractivity contribution >= 4 is 28.9 Å². The zero-order valence-electron chi connectivity index (χ0n) is 14.1. The Balaban J connectivity index is 1.70. The molecule has 0 amide bonds. The molecule has 2 aromatic rings. The summed E-state index contributed by atoms with van der Waals surface area (Å²) in [6.45, 7) is 3.42. The molecule has 1 fully saturated rings. The largest absolute Gasteiger partial charge is 0.378 e. The van der Waals surface area contributed by atoms with Gasteiger partial charge in [0.25, 0.3) is 0 Å². The number of nitro groups is 1. The molecule has 0 saturated carbocycles. The van der Waals surface area contributed by atoms with Gasteiger partial charge in [-0.15, -0.1) is 0 Å². The van der Waals surface area contributed by atoms with E-state index in [1.807, 2.05) is 9.80 Å². The van der Waals surface area contributed by atoms with Gasteiger partial charge in [-0.05, 0) is 25.1 Å². The van der Waals surface area contributed by atoms with Gasteiger partial charge in [0.05, 0.1) is 10.6 Å². The van der Waals surface area contributed by atoms with Crippen LogP contribution in [0.5, 0.6) is 0 Å². The van der Waals surface area contributed by atoms with Crippen LogP contribution in [-0.2, 0) is 0 Å². The van der Waals surface area contributed by atoms with E-state index < -0.39 is 10.7 Å². The number of carbonyl (C=O) groups excluding carboxylic acids is 1. The van der Waals surface area contributed by atoms with E-state index in [0.717, 1.165) is 6.20 Å². The van der Waals surface area contributed by atoms with Gasteiger partial charge in [-0.25, -0.2) is 9.37 Å². The second kappa shape index (κ2) is 6.90. The summed E-state index contributed by atoms with van der Waals surface area (Å²) >= 11 is 0. The van der Waals surface area contributed by atoms with E-state index in [-0.39, 0.29) is 17.3 Å². The molecule has 2 N–H and O–H groups in total. The minimum absolute atomic E-state index is 0.187. The van der Waals surface area contributed by atoms with E-state index in [4.69, 9.17) is 5.73 Å². The smallest absolute Gasteiger partial charge is 0.329 e. The third-order valence-electron chi connectivity index (χ3n) is 4.24. The van der Waals surface area contributed by atoms with Gasteiger partial charge in [0.15, 0.2) is 5.78 Å². The van der Waals surface area contributed by atoms with Crippen molar-refractivity contribution in [1.29, 1.82) is 0 Å². The molecule has 1 aromatic carbocycles. The average Bonchev–Trinajstić information content (AvgIpc) is 2.61. The van der Waals surface area contributed by atoms with Crippen molar-refractivity contribution in [1.82, 2.24) is 9.97 Å². The average molecular weight is 360 g/mol. The van der Waals surface area contributed by atoms with Gasteiger partial charge in [-0.2, -0.15) is 4.98 Å². The highest BCUT2D eigenvalue weighted by Crippen LogP contribution is 2.25. The number of nitrogens with two attached hydrogens (primary N) is 1. The first kappa shape index (κ1) is 17.5.